The van der Waals surface area contributed by atoms with Crippen LogP contribution in [0.25, 0.3) is 0 Å². The quantitative estimate of drug-likeness (QED) is 0.530. The zero-order valence-electron chi connectivity index (χ0n) is 12.1. The number of nitrogens with two attached hydrogens (primary N) is 1. The summed E-state index contributed by atoms with van der Waals surface area (Å²) in [5, 5.41) is 16.1. The lowest BCUT2D eigenvalue weighted by Crippen LogP contribution is -2.42. The minimum atomic E-state index is -0.907. The number of hydrogen-bond acceptors (Lipinski definition) is 5. The molecule has 2 amide bonds. The molecule has 8 nitrogen and oxygen atoms in total. The summed E-state index contributed by atoms with van der Waals surface area (Å²) in [5.74, 6) is -1.06. The number of nitrogens with one attached hydrogen (secondary N) is 2. The second-order valence-corrected chi connectivity index (χ2v) is 5.14. The highest BCUT2D eigenvalue weighted by atomic mass is 16.6. The molecule has 0 fully saturated rings. The van der Waals surface area contributed by atoms with E-state index in [2.05, 4.69) is 10.6 Å². The van der Waals surface area contributed by atoms with E-state index in [0.29, 0.717) is 0 Å². The Morgan fingerprint density at radius 2 is 2.00 bits per heavy atom. The molecule has 0 bridgehead atoms. The molecule has 114 valence electrons. The minimum Gasteiger partial charge on any atom is -0.382 e. The van der Waals surface area contributed by atoms with E-state index in [-0.39, 0.29) is 23.5 Å². The van der Waals surface area contributed by atoms with Gasteiger partial charge in [0.2, 0.25) is 5.91 Å². The molecule has 8 heteroatoms. The fraction of sp³-hybridized carbons (Fsp3) is 0.385. The second kappa shape index (κ2) is 6.21. The average molecular weight is 294 g/mol. The van der Waals surface area contributed by atoms with Gasteiger partial charge in [-0.05, 0) is 19.9 Å². The molecule has 1 aromatic rings. The topological polar surface area (TPSA) is 127 Å². The molecule has 0 aliphatic carbocycles. The molecule has 21 heavy (non-hydrogen) atoms. The molecule has 1 aromatic carbocycles. The number of nitro groups is 1. The smallest absolute Gasteiger partial charge is 0.293 e. The molecule has 0 aliphatic rings. The lowest BCUT2D eigenvalue weighted by Gasteiger charge is -2.21. The summed E-state index contributed by atoms with van der Waals surface area (Å²) in [6, 6.07) is 4.19. The molecular formula is C13H18N4O4. The van der Waals surface area contributed by atoms with Crippen molar-refractivity contribution in [1.29, 1.82) is 0 Å². The third kappa shape index (κ3) is 3.68. The van der Waals surface area contributed by atoms with Gasteiger partial charge in [-0.1, -0.05) is 6.07 Å². The van der Waals surface area contributed by atoms with E-state index in [9.17, 15) is 19.7 Å². The molecule has 0 atom stereocenters. The van der Waals surface area contributed by atoms with Crippen molar-refractivity contribution in [2.45, 2.75) is 13.8 Å². The molecule has 0 aliphatic heterocycles. The summed E-state index contributed by atoms with van der Waals surface area (Å²) in [7, 11) is 1.49. The van der Waals surface area contributed by atoms with Crippen LogP contribution in [-0.2, 0) is 4.79 Å². The van der Waals surface area contributed by atoms with E-state index in [1.54, 1.807) is 13.8 Å². The van der Waals surface area contributed by atoms with Gasteiger partial charge in [-0.15, -0.1) is 0 Å². The van der Waals surface area contributed by atoms with Crippen LogP contribution in [-0.4, -0.2) is 30.3 Å². The van der Waals surface area contributed by atoms with Gasteiger partial charge in [-0.3, -0.25) is 19.7 Å². The fourth-order valence-electron chi connectivity index (χ4n) is 1.63. The first-order chi connectivity index (χ1) is 9.70. The zero-order valence-corrected chi connectivity index (χ0v) is 12.1. The third-order valence-corrected chi connectivity index (χ3v) is 3.09. The van der Waals surface area contributed by atoms with Crippen LogP contribution in [0.1, 0.15) is 24.2 Å². The maximum absolute atomic E-state index is 12.1. The van der Waals surface area contributed by atoms with Gasteiger partial charge >= 0.3 is 0 Å². The Morgan fingerprint density at radius 3 is 2.48 bits per heavy atom. The van der Waals surface area contributed by atoms with Gasteiger partial charge in [-0.2, -0.15) is 0 Å². The largest absolute Gasteiger partial charge is 0.382 e. The Balaban J connectivity index is 3.01. The van der Waals surface area contributed by atoms with E-state index in [1.807, 2.05) is 0 Å². The number of nitrogens with zero attached hydrogens (tertiary/aromatic N) is 1. The molecule has 0 saturated carbocycles. The van der Waals surface area contributed by atoms with Crippen molar-refractivity contribution < 1.29 is 14.5 Å². The Bertz CT molecular complexity index is 584. The number of amides is 2. The summed E-state index contributed by atoms with van der Waals surface area (Å²) in [5.41, 5.74) is 4.38. The molecule has 0 unspecified atom stereocenters. The number of nitro benzene ring substituents is 1. The van der Waals surface area contributed by atoms with Crippen molar-refractivity contribution in [3.8, 4) is 0 Å². The number of rotatable bonds is 6. The van der Waals surface area contributed by atoms with E-state index in [1.165, 1.54) is 25.2 Å². The van der Waals surface area contributed by atoms with Crippen LogP contribution in [0.3, 0.4) is 0 Å². The predicted molar refractivity (Wildman–Crippen MR) is 78.0 cm³/mol. The first-order valence-electron chi connectivity index (χ1n) is 6.24. The maximum atomic E-state index is 12.1. The van der Waals surface area contributed by atoms with Crippen molar-refractivity contribution in [3.63, 3.8) is 0 Å². The highest BCUT2D eigenvalue weighted by molar-refractivity contribution is 6.01. The first-order valence-corrected chi connectivity index (χ1v) is 6.24. The Labute approximate surface area is 121 Å². The maximum Gasteiger partial charge on any atom is 0.293 e. The summed E-state index contributed by atoms with van der Waals surface area (Å²) in [6.45, 7) is 3.23. The Kier molecular flexibility index (Phi) is 4.85. The first kappa shape index (κ1) is 16.4. The van der Waals surface area contributed by atoms with Crippen LogP contribution in [0.4, 0.5) is 11.4 Å². The van der Waals surface area contributed by atoms with Gasteiger partial charge in [-0.25, -0.2) is 0 Å². The van der Waals surface area contributed by atoms with Crippen molar-refractivity contribution in [3.05, 3.63) is 33.9 Å². The van der Waals surface area contributed by atoms with Gasteiger partial charge in [0.05, 0.1) is 15.9 Å². The van der Waals surface area contributed by atoms with Crippen LogP contribution >= 0.6 is 0 Å². The number of primary amides is 1. The van der Waals surface area contributed by atoms with Crippen molar-refractivity contribution in [1.82, 2.24) is 5.32 Å². The monoisotopic (exact) mass is 294 g/mol. The van der Waals surface area contributed by atoms with Gasteiger partial charge in [0.15, 0.2) is 0 Å². The SMILES string of the molecule is CNc1c(C(=O)NCC(C)(C)C(N)=O)cccc1[N+](=O)[O-]. The lowest BCUT2D eigenvalue weighted by atomic mass is 9.92. The van der Waals surface area contributed by atoms with Gasteiger partial charge < -0.3 is 16.4 Å². The molecule has 0 saturated heterocycles. The number of carbonyl (C=O) groups excluding carboxylic acids is 2. The molecule has 0 heterocycles. The number of anilines is 1. The standard InChI is InChI=1S/C13H18N4O4/c1-13(2,12(14)19)7-16-11(18)8-5-4-6-9(17(20)21)10(8)15-3/h4-6,15H,7H2,1-3H3,(H2,14,19)(H,16,18). The van der Waals surface area contributed by atoms with Crippen LogP contribution in [0.15, 0.2) is 18.2 Å². The fourth-order valence-corrected chi connectivity index (χ4v) is 1.63. The summed E-state index contributed by atoms with van der Waals surface area (Å²) < 4.78 is 0. The summed E-state index contributed by atoms with van der Waals surface area (Å²) in [6.07, 6.45) is 0. The van der Waals surface area contributed by atoms with E-state index in [0.717, 1.165) is 0 Å². The van der Waals surface area contributed by atoms with Gasteiger partial charge in [0.25, 0.3) is 11.6 Å². The molecule has 4 N–H and O–H groups in total. The predicted octanol–water partition coefficient (Wildman–Crippen LogP) is 0.878. The number of carbonyl (C=O) groups is 2. The minimum absolute atomic E-state index is 0.0347. The third-order valence-electron chi connectivity index (χ3n) is 3.09. The number of benzene rings is 1. The van der Waals surface area contributed by atoms with Gasteiger partial charge in [0, 0.05) is 19.7 Å². The van der Waals surface area contributed by atoms with Crippen LogP contribution in [0, 0.1) is 15.5 Å². The van der Waals surface area contributed by atoms with E-state index >= 15 is 0 Å². The summed E-state index contributed by atoms with van der Waals surface area (Å²) in [4.78, 5) is 33.7. The number of hydrogen-bond donors (Lipinski definition) is 3. The second-order valence-electron chi connectivity index (χ2n) is 5.14. The average Bonchev–Trinajstić information content (AvgIpc) is 2.43. The molecule has 0 aromatic heterocycles. The van der Waals surface area contributed by atoms with Crippen LogP contribution in [0.2, 0.25) is 0 Å². The molecule has 0 spiro atoms. The van der Waals surface area contributed by atoms with Crippen molar-refractivity contribution in [2.75, 3.05) is 18.9 Å². The van der Waals surface area contributed by atoms with Crippen molar-refractivity contribution >= 4 is 23.2 Å². The Hall–Kier alpha value is -2.64. The van der Waals surface area contributed by atoms with Crippen molar-refractivity contribution in [2.24, 2.45) is 11.1 Å². The lowest BCUT2D eigenvalue weighted by molar-refractivity contribution is -0.384. The van der Waals surface area contributed by atoms with E-state index < -0.39 is 22.2 Å². The Morgan fingerprint density at radius 1 is 1.38 bits per heavy atom. The summed E-state index contributed by atoms with van der Waals surface area (Å²) >= 11 is 0. The van der Waals surface area contributed by atoms with E-state index in [4.69, 9.17) is 5.73 Å². The molecule has 0 radical (unpaired) electrons. The number of para-hydroxylation sites is 1. The van der Waals surface area contributed by atoms with Crippen LogP contribution in [0.5, 0.6) is 0 Å². The normalized spacial score (nSPS) is 10.8. The van der Waals surface area contributed by atoms with Crippen LogP contribution < -0.4 is 16.4 Å². The zero-order chi connectivity index (χ0) is 16.2. The highest BCUT2D eigenvalue weighted by Crippen LogP contribution is 2.27. The highest BCUT2D eigenvalue weighted by Gasteiger charge is 2.27. The van der Waals surface area contributed by atoms with Gasteiger partial charge in [0.1, 0.15) is 5.69 Å². The molecular weight excluding hydrogens is 276 g/mol. The molecule has 1 rings (SSSR count).